The number of thioether (sulfide) groups is 1. The fourth-order valence-electron chi connectivity index (χ4n) is 3.42. The number of nitrogens with two attached hydrogens (primary N) is 2. The average Bonchev–Trinajstić information content (AvgIpc) is 2.85. The van der Waals surface area contributed by atoms with Gasteiger partial charge in [-0.1, -0.05) is 13.8 Å². The number of nitrogens with zero attached hydrogens (tertiary/aromatic N) is 1. The Labute approximate surface area is 234 Å². The molecule has 0 unspecified atom stereocenters. The first-order chi connectivity index (χ1) is 18.7. The highest BCUT2D eigenvalue weighted by molar-refractivity contribution is 8.00. The van der Waals surface area contributed by atoms with Gasteiger partial charge in [-0.05, 0) is 18.8 Å². The van der Waals surface area contributed by atoms with Gasteiger partial charge in [-0.25, -0.2) is 4.79 Å². The second kappa shape index (κ2) is 16.8. The monoisotopic (exact) mass is 588 g/mol. The van der Waals surface area contributed by atoms with Crippen LogP contribution in [-0.2, 0) is 33.6 Å². The molecule has 1 saturated heterocycles. The Morgan fingerprint density at radius 3 is 2.20 bits per heavy atom. The highest BCUT2D eigenvalue weighted by atomic mass is 32.2. The van der Waals surface area contributed by atoms with Gasteiger partial charge < -0.3 is 48.3 Å². The van der Waals surface area contributed by atoms with Crippen molar-refractivity contribution >= 4 is 59.2 Å². The van der Waals surface area contributed by atoms with E-state index >= 15 is 0 Å². The summed E-state index contributed by atoms with van der Waals surface area (Å²) in [6, 6.07) is -5.37. The fourth-order valence-corrected chi connectivity index (χ4v) is 4.27. The second-order valence-electron chi connectivity index (χ2n) is 9.15. The van der Waals surface area contributed by atoms with Gasteiger partial charge in [0.05, 0.1) is 18.7 Å². The maximum Gasteiger partial charge on any atom is 0.327 e. The van der Waals surface area contributed by atoms with E-state index in [2.05, 4.69) is 31.6 Å². The molecule has 1 aliphatic rings. The van der Waals surface area contributed by atoms with Crippen LogP contribution in [0.3, 0.4) is 0 Å². The maximum atomic E-state index is 13.0. The number of carboxylic acids is 2. The molecule has 4 atom stereocenters. The van der Waals surface area contributed by atoms with E-state index in [1.807, 2.05) is 0 Å². The Balaban J connectivity index is 3.24. The van der Waals surface area contributed by atoms with E-state index in [1.165, 1.54) is 0 Å². The molecule has 5 amide bonds. The van der Waals surface area contributed by atoms with E-state index in [0.717, 1.165) is 11.8 Å². The second-order valence-corrected chi connectivity index (χ2v) is 10.2. The summed E-state index contributed by atoms with van der Waals surface area (Å²) in [5.74, 6) is -8.05. The minimum Gasteiger partial charge on any atom is -0.481 e. The van der Waals surface area contributed by atoms with E-state index in [4.69, 9.17) is 16.6 Å². The molecule has 0 aliphatic carbocycles. The number of aliphatic imine (C=N–C) groups is 1. The van der Waals surface area contributed by atoms with E-state index < -0.39 is 84.5 Å². The smallest absolute Gasteiger partial charge is 0.327 e. The third-order valence-electron chi connectivity index (χ3n) is 5.43. The van der Waals surface area contributed by atoms with Crippen molar-refractivity contribution in [2.45, 2.75) is 57.3 Å². The molecule has 0 aromatic rings. The van der Waals surface area contributed by atoms with Crippen LogP contribution < -0.4 is 38.1 Å². The molecule has 0 bridgehead atoms. The highest BCUT2D eigenvalue weighted by Crippen LogP contribution is 2.09. The molecule has 17 nitrogen and oxygen atoms in total. The number of carbonyl (C=O) groups excluding carboxylic acids is 5. The van der Waals surface area contributed by atoms with Crippen LogP contribution in [-0.4, -0.2) is 106 Å². The molecule has 0 aromatic heterocycles. The number of carboxylic acid groups (broad SMARTS) is 2. The van der Waals surface area contributed by atoms with Gasteiger partial charge in [-0.3, -0.25) is 33.8 Å². The molecule has 224 valence electrons. The third-order valence-corrected chi connectivity index (χ3v) is 6.47. The summed E-state index contributed by atoms with van der Waals surface area (Å²) in [7, 11) is 0. The van der Waals surface area contributed by atoms with Gasteiger partial charge >= 0.3 is 11.9 Å². The maximum absolute atomic E-state index is 13.0. The van der Waals surface area contributed by atoms with Gasteiger partial charge in [-0.2, -0.15) is 0 Å². The number of amides is 5. The molecule has 18 heteroatoms. The first-order valence-corrected chi connectivity index (χ1v) is 13.4. The summed E-state index contributed by atoms with van der Waals surface area (Å²) < 4.78 is 0. The molecule has 0 spiro atoms. The van der Waals surface area contributed by atoms with Gasteiger partial charge in [0.15, 0.2) is 5.96 Å². The van der Waals surface area contributed by atoms with Crippen LogP contribution in [0.15, 0.2) is 4.99 Å². The van der Waals surface area contributed by atoms with Crippen LogP contribution in [0, 0.1) is 5.92 Å². The predicted molar refractivity (Wildman–Crippen MR) is 143 cm³/mol. The average molecular weight is 589 g/mol. The lowest BCUT2D eigenvalue weighted by Gasteiger charge is -2.26. The molecule has 11 N–H and O–H groups in total. The standard InChI is InChI=1S/C22H36N8O9S/c1-10(2)17-20(37)28-11(4-3-5-25-22(23)24)18(35)26-7-14(31)27-12(6-16(33)34)19(36)29-13(21(38)39)8-40-9-15(32)30-17/h10-13,17H,3-9H2,1-2H3,(H,26,35)(H,27,31)(H,28,37)(H,29,36)(H,30,32)(H,33,34)(H,38,39)(H4,23,24,25)/t11-,12-,13-,17-/m0/s1. The number of rotatable bonds is 8. The van der Waals surface area contributed by atoms with Crippen LogP contribution in [0.4, 0.5) is 0 Å². The van der Waals surface area contributed by atoms with Crippen molar-refractivity contribution in [2.24, 2.45) is 22.4 Å². The Bertz CT molecular complexity index is 1000. The fraction of sp³-hybridized carbons (Fsp3) is 0.636. The first-order valence-electron chi connectivity index (χ1n) is 12.3. The third kappa shape index (κ3) is 12.6. The van der Waals surface area contributed by atoms with Gasteiger partial charge in [0.25, 0.3) is 0 Å². The number of aliphatic carboxylic acids is 2. The molecule has 0 radical (unpaired) electrons. The minimum absolute atomic E-state index is 0.0607. The molecule has 1 rings (SSSR count). The topological polar surface area (TPSA) is 284 Å². The number of hydrogen-bond acceptors (Lipinski definition) is 9. The Kier molecular flexibility index (Phi) is 14.2. The molecular weight excluding hydrogens is 552 g/mol. The van der Waals surface area contributed by atoms with E-state index in [-0.39, 0.29) is 36.9 Å². The summed E-state index contributed by atoms with van der Waals surface area (Å²) in [6.07, 6.45) is -0.540. The van der Waals surface area contributed by atoms with Crippen LogP contribution in [0.2, 0.25) is 0 Å². The zero-order valence-corrected chi connectivity index (χ0v) is 22.9. The Morgan fingerprint density at radius 2 is 1.62 bits per heavy atom. The van der Waals surface area contributed by atoms with Crippen molar-refractivity contribution in [3.8, 4) is 0 Å². The van der Waals surface area contributed by atoms with E-state index in [1.54, 1.807) is 13.8 Å². The lowest BCUT2D eigenvalue weighted by atomic mass is 10.0. The van der Waals surface area contributed by atoms with Gasteiger partial charge in [0.1, 0.15) is 24.2 Å². The zero-order valence-electron chi connectivity index (χ0n) is 22.1. The summed E-state index contributed by atoms with van der Waals surface area (Å²) >= 11 is 0.851. The van der Waals surface area contributed by atoms with Gasteiger partial charge in [-0.15, -0.1) is 11.8 Å². The summed E-state index contributed by atoms with van der Waals surface area (Å²) in [6.45, 7) is 2.80. The van der Waals surface area contributed by atoms with Crippen LogP contribution in [0.5, 0.6) is 0 Å². The number of carbonyl (C=O) groups is 7. The van der Waals surface area contributed by atoms with Crippen molar-refractivity contribution in [3.63, 3.8) is 0 Å². The molecule has 1 aliphatic heterocycles. The largest absolute Gasteiger partial charge is 0.481 e. The highest BCUT2D eigenvalue weighted by Gasteiger charge is 2.31. The molecule has 0 saturated carbocycles. The quantitative estimate of drug-likeness (QED) is 0.0746. The molecule has 1 fully saturated rings. The number of guanidine groups is 1. The van der Waals surface area contributed by atoms with Crippen LogP contribution in [0.1, 0.15) is 33.1 Å². The minimum atomic E-state index is -1.65. The van der Waals surface area contributed by atoms with Crippen molar-refractivity contribution in [1.82, 2.24) is 26.6 Å². The van der Waals surface area contributed by atoms with E-state index in [9.17, 15) is 38.7 Å². The lowest BCUT2D eigenvalue weighted by Crippen LogP contribution is -2.57. The number of nitrogens with one attached hydrogen (secondary N) is 5. The summed E-state index contributed by atoms with van der Waals surface area (Å²) in [5.41, 5.74) is 10.6. The normalized spacial score (nSPS) is 23.8. The molecule has 40 heavy (non-hydrogen) atoms. The summed E-state index contributed by atoms with van der Waals surface area (Å²) in [5, 5.41) is 30.3. The van der Waals surface area contributed by atoms with Gasteiger partial charge in [0.2, 0.25) is 29.5 Å². The lowest BCUT2D eigenvalue weighted by molar-refractivity contribution is -0.143. The van der Waals surface area contributed by atoms with Gasteiger partial charge in [0, 0.05) is 12.3 Å². The molecule has 1 heterocycles. The first kappa shape index (κ1) is 33.9. The van der Waals surface area contributed by atoms with Crippen LogP contribution >= 0.6 is 11.8 Å². The molecular formula is C22H36N8O9S. The van der Waals surface area contributed by atoms with Crippen molar-refractivity contribution < 1.29 is 43.8 Å². The summed E-state index contributed by atoms with van der Waals surface area (Å²) in [4.78, 5) is 90.2. The zero-order chi connectivity index (χ0) is 30.4. The Morgan fingerprint density at radius 1 is 0.950 bits per heavy atom. The predicted octanol–water partition coefficient (Wildman–Crippen LogP) is -3.94. The van der Waals surface area contributed by atoms with Crippen LogP contribution in [0.25, 0.3) is 0 Å². The van der Waals surface area contributed by atoms with Crippen molar-refractivity contribution in [2.75, 3.05) is 24.6 Å². The van der Waals surface area contributed by atoms with Crippen molar-refractivity contribution in [1.29, 1.82) is 0 Å². The Hall–Kier alpha value is -4.09. The van der Waals surface area contributed by atoms with E-state index in [0.29, 0.717) is 0 Å². The number of hydrogen-bond donors (Lipinski definition) is 9. The van der Waals surface area contributed by atoms with Crippen molar-refractivity contribution in [3.05, 3.63) is 0 Å². The molecule has 0 aromatic carbocycles. The SMILES string of the molecule is CC(C)[C@@H]1NC(=O)CSC[C@@H](C(=O)O)NC(=O)[C@H](CC(=O)O)NC(=O)CNC(=O)[C@H](CCCN=C(N)N)NC1=O.